The van der Waals surface area contributed by atoms with Gasteiger partial charge in [0.1, 0.15) is 5.92 Å². The second-order valence-corrected chi connectivity index (χ2v) is 8.17. The van der Waals surface area contributed by atoms with Crippen LogP contribution >= 0.6 is 0 Å². The van der Waals surface area contributed by atoms with Gasteiger partial charge in [-0.2, -0.15) is 5.10 Å². The van der Waals surface area contributed by atoms with Gasteiger partial charge in [0.05, 0.1) is 23.6 Å². The molecule has 1 saturated carbocycles. The first-order chi connectivity index (χ1) is 15.5. The second kappa shape index (κ2) is 8.27. The fourth-order valence-corrected chi connectivity index (χ4v) is 3.83. The largest absolute Gasteiger partial charge is 0.326 e. The molecule has 10 heteroatoms. The molecule has 0 bridgehead atoms. The molecule has 8 nitrogen and oxygen atoms in total. The van der Waals surface area contributed by atoms with Crippen LogP contribution in [-0.2, 0) is 4.79 Å². The number of amides is 1. The van der Waals surface area contributed by atoms with Gasteiger partial charge in [-0.25, -0.2) is 18.7 Å². The van der Waals surface area contributed by atoms with Gasteiger partial charge >= 0.3 is 0 Å². The van der Waals surface area contributed by atoms with E-state index in [1.165, 1.54) is 0 Å². The predicted octanol–water partition coefficient (Wildman–Crippen LogP) is 3.60. The van der Waals surface area contributed by atoms with E-state index in [2.05, 4.69) is 31.0 Å². The lowest BCUT2D eigenvalue weighted by atomic mass is 10.1. The molecule has 3 heterocycles. The van der Waals surface area contributed by atoms with Crippen LogP contribution in [0.1, 0.15) is 25.3 Å². The normalized spacial score (nSPS) is 20.0. The molecule has 32 heavy (non-hydrogen) atoms. The molecule has 2 aliphatic rings. The fraction of sp³-hybridized carbons (Fsp3) is 0.364. The molecule has 0 unspecified atom stereocenters. The van der Waals surface area contributed by atoms with Crippen molar-refractivity contribution in [2.24, 2.45) is 5.92 Å². The minimum absolute atomic E-state index is 0.385. The Hall–Kier alpha value is -3.40. The van der Waals surface area contributed by atoms with E-state index < -0.39 is 17.7 Å². The maximum absolute atomic E-state index is 13.0. The standard InChI is InChI=1S/C22H23F2N7O/c23-22(24)11-18(22)20(32)28-15-3-1-14(2-4-15)19-7-10-26-21(30-19)29-16-12-27-31(13-16)17-5-8-25-9-6-17/h1-4,7,10,12-13,17-18,25H,5-6,8-9,11H2,(H,28,32)(H,26,29,30)/t18-/m0/s1. The van der Waals surface area contributed by atoms with E-state index in [4.69, 9.17) is 0 Å². The summed E-state index contributed by atoms with van der Waals surface area (Å²) in [7, 11) is 0. The number of carbonyl (C=O) groups excluding carboxylic acids is 1. The molecule has 3 aromatic rings. The summed E-state index contributed by atoms with van der Waals surface area (Å²) in [5.41, 5.74) is 2.80. The first-order valence-electron chi connectivity index (χ1n) is 10.6. The van der Waals surface area contributed by atoms with Crippen molar-refractivity contribution in [2.75, 3.05) is 23.7 Å². The average molecular weight is 439 g/mol. The highest BCUT2D eigenvalue weighted by Crippen LogP contribution is 2.49. The molecule has 0 spiro atoms. The quantitative estimate of drug-likeness (QED) is 0.543. The highest BCUT2D eigenvalue weighted by molar-refractivity contribution is 5.95. The monoisotopic (exact) mass is 439 g/mol. The summed E-state index contributed by atoms with van der Waals surface area (Å²) in [5, 5.41) is 13.5. The van der Waals surface area contributed by atoms with Crippen LogP contribution in [0.15, 0.2) is 48.9 Å². The van der Waals surface area contributed by atoms with Crippen LogP contribution in [0.3, 0.4) is 0 Å². The van der Waals surface area contributed by atoms with Gasteiger partial charge < -0.3 is 16.0 Å². The third-order valence-corrected chi connectivity index (χ3v) is 5.79. The van der Waals surface area contributed by atoms with E-state index in [0.29, 0.717) is 23.4 Å². The third kappa shape index (κ3) is 4.45. The van der Waals surface area contributed by atoms with Gasteiger partial charge in [-0.15, -0.1) is 0 Å². The zero-order valence-electron chi connectivity index (χ0n) is 17.3. The SMILES string of the molecule is O=C(Nc1ccc(-c2ccnc(Nc3cnn(C4CCNCC4)c3)n2)cc1)[C@@H]1CC1(F)F. The van der Waals surface area contributed by atoms with Crippen LogP contribution in [-0.4, -0.2) is 44.7 Å². The summed E-state index contributed by atoms with van der Waals surface area (Å²) in [6.45, 7) is 1.99. The predicted molar refractivity (Wildman–Crippen MR) is 116 cm³/mol. The molecule has 166 valence electrons. The fourth-order valence-electron chi connectivity index (χ4n) is 3.83. The van der Waals surface area contributed by atoms with Gasteiger partial charge in [0.25, 0.3) is 5.92 Å². The Morgan fingerprint density at radius 3 is 2.59 bits per heavy atom. The Labute approximate surface area is 183 Å². The Morgan fingerprint density at radius 1 is 1.12 bits per heavy atom. The number of hydrogen-bond acceptors (Lipinski definition) is 6. The van der Waals surface area contributed by atoms with E-state index in [1.54, 1.807) is 42.7 Å². The molecule has 1 aromatic carbocycles. The van der Waals surface area contributed by atoms with Crippen LogP contribution in [0.2, 0.25) is 0 Å². The molecule has 5 rings (SSSR count). The number of alkyl halides is 2. The van der Waals surface area contributed by atoms with Crippen molar-refractivity contribution in [3.8, 4) is 11.3 Å². The molecule has 1 saturated heterocycles. The van der Waals surface area contributed by atoms with Crippen molar-refractivity contribution in [3.63, 3.8) is 0 Å². The topological polar surface area (TPSA) is 96.8 Å². The van der Waals surface area contributed by atoms with Gasteiger partial charge in [-0.05, 0) is 44.1 Å². The Balaban J connectivity index is 1.24. The van der Waals surface area contributed by atoms with Crippen molar-refractivity contribution in [3.05, 3.63) is 48.9 Å². The van der Waals surface area contributed by atoms with Crippen LogP contribution < -0.4 is 16.0 Å². The lowest BCUT2D eigenvalue weighted by molar-refractivity contribution is -0.119. The Bertz CT molecular complexity index is 1110. The van der Waals surface area contributed by atoms with Crippen LogP contribution in [0.4, 0.5) is 26.1 Å². The van der Waals surface area contributed by atoms with Crippen molar-refractivity contribution in [1.82, 2.24) is 25.1 Å². The summed E-state index contributed by atoms with van der Waals surface area (Å²) in [6, 6.07) is 9.08. The highest BCUT2D eigenvalue weighted by atomic mass is 19.3. The van der Waals surface area contributed by atoms with E-state index >= 15 is 0 Å². The first-order valence-corrected chi connectivity index (χ1v) is 10.6. The number of hydrogen-bond donors (Lipinski definition) is 3. The molecular weight excluding hydrogens is 416 g/mol. The molecule has 1 atom stereocenters. The maximum atomic E-state index is 13.0. The highest BCUT2D eigenvalue weighted by Gasteiger charge is 2.61. The third-order valence-electron chi connectivity index (χ3n) is 5.79. The van der Waals surface area contributed by atoms with Crippen molar-refractivity contribution < 1.29 is 13.6 Å². The number of carbonyl (C=O) groups is 1. The molecule has 3 N–H and O–H groups in total. The number of nitrogens with zero attached hydrogens (tertiary/aromatic N) is 4. The van der Waals surface area contributed by atoms with Gasteiger partial charge in [-0.3, -0.25) is 9.48 Å². The zero-order valence-corrected chi connectivity index (χ0v) is 17.3. The number of nitrogens with one attached hydrogen (secondary N) is 3. The Kier molecular flexibility index (Phi) is 5.30. The first kappa shape index (κ1) is 20.5. The number of piperidine rings is 1. The van der Waals surface area contributed by atoms with Crippen LogP contribution in [0.25, 0.3) is 11.3 Å². The van der Waals surface area contributed by atoms with E-state index in [9.17, 15) is 13.6 Å². The van der Waals surface area contributed by atoms with Crippen molar-refractivity contribution in [2.45, 2.75) is 31.2 Å². The van der Waals surface area contributed by atoms with E-state index in [-0.39, 0.29) is 6.42 Å². The number of aromatic nitrogens is 4. The molecule has 1 aliphatic heterocycles. The minimum atomic E-state index is -2.88. The molecule has 1 aliphatic carbocycles. The number of rotatable bonds is 6. The Morgan fingerprint density at radius 2 is 1.88 bits per heavy atom. The van der Waals surface area contributed by atoms with Crippen molar-refractivity contribution in [1.29, 1.82) is 0 Å². The molecule has 2 aromatic heterocycles. The lowest BCUT2D eigenvalue weighted by Gasteiger charge is -2.22. The summed E-state index contributed by atoms with van der Waals surface area (Å²) in [6.07, 6.45) is 7.10. The smallest absolute Gasteiger partial charge is 0.260 e. The van der Waals surface area contributed by atoms with Crippen LogP contribution in [0, 0.1) is 5.92 Å². The summed E-state index contributed by atoms with van der Waals surface area (Å²) in [4.78, 5) is 20.7. The second-order valence-electron chi connectivity index (χ2n) is 8.17. The molecule has 2 fully saturated rings. The van der Waals surface area contributed by atoms with Gasteiger partial charge in [0.2, 0.25) is 11.9 Å². The van der Waals surface area contributed by atoms with E-state index in [1.807, 2.05) is 10.9 Å². The summed E-state index contributed by atoms with van der Waals surface area (Å²) in [5.74, 6) is -4.31. The van der Waals surface area contributed by atoms with Crippen LogP contribution in [0.5, 0.6) is 0 Å². The van der Waals surface area contributed by atoms with Gasteiger partial charge in [0.15, 0.2) is 0 Å². The van der Waals surface area contributed by atoms with Gasteiger partial charge in [0, 0.05) is 30.1 Å². The van der Waals surface area contributed by atoms with E-state index in [0.717, 1.165) is 37.2 Å². The number of anilines is 3. The number of benzene rings is 1. The summed E-state index contributed by atoms with van der Waals surface area (Å²) < 4.78 is 28.1. The zero-order chi connectivity index (χ0) is 22.1. The van der Waals surface area contributed by atoms with Gasteiger partial charge in [-0.1, -0.05) is 12.1 Å². The minimum Gasteiger partial charge on any atom is -0.326 e. The maximum Gasteiger partial charge on any atom is 0.260 e. The van der Waals surface area contributed by atoms with Crippen molar-refractivity contribution >= 4 is 23.2 Å². The molecular formula is C22H23F2N7O. The summed E-state index contributed by atoms with van der Waals surface area (Å²) >= 11 is 0. The molecule has 1 amide bonds. The lowest BCUT2D eigenvalue weighted by Crippen LogP contribution is -2.29. The molecule has 0 radical (unpaired) electrons. The average Bonchev–Trinajstić information content (AvgIpc) is 3.22. The number of halogens is 2.